The highest BCUT2D eigenvalue weighted by atomic mass is 19.4. The molecule has 0 aromatic carbocycles. The SMILES string of the molecule is CC(N(C)C(=O)C(F)(F)F)C(F)(F)F. The number of amides is 1. The van der Waals surface area contributed by atoms with Crippen LogP contribution in [0.15, 0.2) is 0 Å². The van der Waals surface area contributed by atoms with Gasteiger partial charge in [0, 0.05) is 7.05 Å². The summed E-state index contributed by atoms with van der Waals surface area (Å²) < 4.78 is 70.7. The van der Waals surface area contributed by atoms with Crippen LogP contribution in [-0.2, 0) is 4.79 Å². The van der Waals surface area contributed by atoms with Gasteiger partial charge in [-0.05, 0) is 6.92 Å². The molecule has 0 aliphatic rings. The van der Waals surface area contributed by atoms with Crippen molar-refractivity contribution in [2.24, 2.45) is 0 Å². The fourth-order valence-corrected chi connectivity index (χ4v) is 0.595. The van der Waals surface area contributed by atoms with Gasteiger partial charge in [0.25, 0.3) is 0 Å². The minimum atomic E-state index is -5.28. The summed E-state index contributed by atoms with van der Waals surface area (Å²) in [6.45, 7) is 0.476. The molecule has 0 radical (unpaired) electrons. The summed E-state index contributed by atoms with van der Waals surface area (Å²) in [7, 11) is 0.452. The zero-order valence-electron chi connectivity index (χ0n) is 7.20. The summed E-state index contributed by atoms with van der Waals surface area (Å²) in [5.41, 5.74) is 0. The summed E-state index contributed by atoms with van der Waals surface area (Å²) >= 11 is 0. The van der Waals surface area contributed by atoms with E-state index >= 15 is 0 Å². The lowest BCUT2D eigenvalue weighted by molar-refractivity contribution is -0.208. The fraction of sp³-hybridized carbons (Fsp3) is 0.833. The van der Waals surface area contributed by atoms with Crippen LogP contribution in [0.25, 0.3) is 0 Å². The van der Waals surface area contributed by atoms with E-state index in [4.69, 9.17) is 0 Å². The topological polar surface area (TPSA) is 20.3 Å². The standard InChI is InChI=1S/C6H7F6NO/c1-3(5(7,8)9)13(2)4(14)6(10,11)12/h3H,1-2H3. The Kier molecular flexibility index (Phi) is 3.41. The molecule has 0 fully saturated rings. The van der Waals surface area contributed by atoms with Gasteiger partial charge in [-0.2, -0.15) is 26.3 Å². The molecule has 0 aromatic heterocycles. The van der Waals surface area contributed by atoms with Crippen molar-refractivity contribution in [1.82, 2.24) is 4.90 Å². The number of carbonyl (C=O) groups is 1. The number of hydrogen-bond acceptors (Lipinski definition) is 1. The minimum Gasteiger partial charge on any atom is -0.326 e. The van der Waals surface area contributed by atoms with Crippen molar-refractivity contribution in [3.63, 3.8) is 0 Å². The fourth-order valence-electron chi connectivity index (χ4n) is 0.595. The van der Waals surface area contributed by atoms with Gasteiger partial charge in [0.1, 0.15) is 6.04 Å². The van der Waals surface area contributed by atoms with Crippen molar-refractivity contribution in [3.8, 4) is 0 Å². The van der Waals surface area contributed by atoms with E-state index in [0.717, 1.165) is 0 Å². The molecule has 84 valence electrons. The van der Waals surface area contributed by atoms with E-state index in [9.17, 15) is 31.1 Å². The molecule has 0 aromatic rings. The third-order valence-electron chi connectivity index (χ3n) is 1.62. The van der Waals surface area contributed by atoms with Gasteiger partial charge in [0.05, 0.1) is 0 Å². The van der Waals surface area contributed by atoms with E-state index in [0.29, 0.717) is 14.0 Å². The molecule has 0 spiro atoms. The van der Waals surface area contributed by atoms with Crippen LogP contribution in [0.1, 0.15) is 6.92 Å². The largest absolute Gasteiger partial charge is 0.471 e. The van der Waals surface area contributed by atoms with Crippen molar-refractivity contribution < 1.29 is 31.1 Å². The molecule has 8 heteroatoms. The van der Waals surface area contributed by atoms with Gasteiger partial charge in [-0.1, -0.05) is 0 Å². The Morgan fingerprint density at radius 2 is 1.50 bits per heavy atom. The quantitative estimate of drug-likeness (QED) is 0.622. The Morgan fingerprint density at radius 1 is 1.14 bits per heavy atom. The second-order valence-electron chi connectivity index (χ2n) is 2.63. The average Bonchev–Trinajstić information content (AvgIpc) is 1.97. The second kappa shape index (κ2) is 3.66. The van der Waals surface area contributed by atoms with Crippen LogP contribution in [0.5, 0.6) is 0 Å². The number of alkyl halides is 6. The molecule has 0 heterocycles. The van der Waals surface area contributed by atoms with E-state index in [-0.39, 0.29) is 4.90 Å². The molecule has 0 aliphatic heterocycles. The molecule has 1 amide bonds. The van der Waals surface area contributed by atoms with Crippen molar-refractivity contribution in [3.05, 3.63) is 0 Å². The number of hydrogen-bond donors (Lipinski definition) is 0. The zero-order chi connectivity index (χ0) is 11.7. The lowest BCUT2D eigenvalue weighted by Crippen LogP contribution is -2.49. The molecule has 0 saturated heterocycles. The third kappa shape index (κ3) is 3.08. The van der Waals surface area contributed by atoms with E-state index in [1.54, 1.807) is 0 Å². The van der Waals surface area contributed by atoms with Gasteiger partial charge < -0.3 is 4.90 Å². The maximum atomic E-state index is 11.9. The first-order valence-corrected chi connectivity index (χ1v) is 3.38. The minimum absolute atomic E-state index is 0.389. The van der Waals surface area contributed by atoms with Crippen molar-refractivity contribution in [2.45, 2.75) is 25.3 Å². The van der Waals surface area contributed by atoms with Gasteiger partial charge in [0.2, 0.25) is 0 Å². The van der Waals surface area contributed by atoms with E-state index < -0.39 is 24.3 Å². The first kappa shape index (κ1) is 13.0. The molecule has 0 bridgehead atoms. The van der Waals surface area contributed by atoms with Gasteiger partial charge in [-0.3, -0.25) is 4.79 Å². The van der Waals surface area contributed by atoms with Crippen LogP contribution in [0.2, 0.25) is 0 Å². The third-order valence-corrected chi connectivity index (χ3v) is 1.62. The summed E-state index contributed by atoms with van der Waals surface area (Å²) in [5, 5.41) is 0. The first-order valence-electron chi connectivity index (χ1n) is 3.38. The Balaban J connectivity index is 4.65. The number of rotatable bonds is 1. The van der Waals surface area contributed by atoms with E-state index in [1.165, 1.54) is 0 Å². The van der Waals surface area contributed by atoms with Crippen LogP contribution in [0, 0.1) is 0 Å². The molecule has 0 N–H and O–H groups in total. The smallest absolute Gasteiger partial charge is 0.326 e. The highest BCUT2D eigenvalue weighted by Gasteiger charge is 2.48. The molecule has 14 heavy (non-hydrogen) atoms. The molecule has 1 atom stereocenters. The summed E-state index contributed by atoms with van der Waals surface area (Å²) in [5.74, 6) is -2.51. The van der Waals surface area contributed by atoms with Crippen LogP contribution in [-0.4, -0.2) is 36.2 Å². The Morgan fingerprint density at radius 3 is 1.71 bits per heavy atom. The molecule has 1 unspecified atom stereocenters. The summed E-state index contributed by atoms with van der Waals surface area (Å²) in [4.78, 5) is 9.96. The Bertz CT molecular complexity index is 219. The molecule has 0 saturated carbocycles. The van der Waals surface area contributed by atoms with Crippen molar-refractivity contribution in [2.75, 3.05) is 7.05 Å². The summed E-state index contributed by atoms with van der Waals surface area (Å²) in [6, 6.07) is -2.46. The van der Waals surface area contributed by atoms with E-state index in [2.05, 4.69) is 0 Å². The lowest BCUT2D eigenvalue weighted by atomic mass is 10.3. The Labute approximate surface area is 75.5 Å². The Hall–Kier alpha value is -0.950. The van der Waals surface area contributed by atoms with Gasteiger partial charge >= 0.3 is 18.3 Å². The predicted molar refractivity (Wildman–Crippen MR) is 34.3 cm³/mol. The lowest BCUT2D eigenvalue weighted by Gasteiger charge is -2.27. The van der Waals surface area contributed by atoms with Gasteiger partial charge in [-0.15, -0.1) is 0 Å². The van der Waals surface area contributed by atoms with Crippen molar-refractivity contribution in [1.29, 1.82) is 0 Å². The van der Waals surface area contributed by atoms with Crippen LogP contribution in [0.4, 0.5) is 26.3 Å². The highest BCUT2D eigenvalue weighted by molar-refractivity contribution is 5.81. The number of halogens is 6. The molecule has 0 aliphatic carbocycles. The van der Waals surface area contributed by atoms with Gasteiger partial charge in [-0.25, -0.2) is 0 Å². The zero-order valence-corrected chi connectivity index (χ0v) is 7.20. The molecular formula is C6H7F6NO. The average molecular weight is 223 g/mol. The summed E-state index contributed by atoms with van der Waals surface area (Å²) in [6.07, 6.45) is -10.1. The van der Waals surface area contributed by atoms with E-state index in [1.807, 2.05) is 0 Å². The number of nitrogens with zero attached hydrogens (tertiary/aromatic N) is 1. The highest BCUT2D eigenvalue weighted by Crippen LogP contribution is 2.27. The van der Waals surface area contributed by atoms with Crippen molar-refractivity contribution >= 4 is 5.91 Å². The maximum absolute atomic E-state index is 11.9. The maximum Gasteiger partial charge on any atom is 0.471 e. The predicted octanol–water partition coefficient (Wildman–Crippen LogP) is 1.96. The molecule has 0 rings (SSSR count). The van der Waals surface area contributed by atoms with Crippen LogP contribution in [0.3, 0.4) is 0 Å². The monoisotopic (exact) mass is 223 g/mol. The molecule has 2 nitrogen and oxygen atoms in total. The number of carbonyl (C=O) groups excluding carboxylic acids is 1. The normalized spacial score (nSPS) is 15.1. The first-order chi connectivity index (χ1) is 5.98. The van der Waals surface area contributed by atoms with Gasteiger partial charge in [0.15, 0.2) is 0 Å². The van der Waals surface area contributed by atoms with Crippen LogP contribution < -0.4 is 0 Å². The molecular weight excluding hydrogens is 216 g/mol. The second-order valence-corrected chi connectivity index (χ2v) is 2.63. The van der Waals surface area contributed by atoms with Crippen LogP contribution >= 0.6 is 0 Å².